The Morgan fingerprint density at radius 3 is 2.36 bits per heavy atom. The molecule has 2 aromatic carbocycles. The van der Waals surface area contributed by atoms with Crippen molar-refractivity contribution in [1.82, 2.24) is 4.90 Å². The van der Waals surface area contributed by atoms with Crippen LogP contribution < -0.4 is 19.9 Å². The summed E-state index contributed by atoms with van der Waals surface area (Å²) in [6, 6.07) is 11.9. The largest absolute Gasteiger partial charge is 0.493 e. The predicted octanol–water partition coefficient (Wildman–Crippen LogP) is 3.19. The van der Waals surface area contributed by atoms with Gasteiger partial charge in [0.25, 0.3) is 5.91 Å². The van der Waals surface area contributed by atoms with Crippen molar-refractivity contribution >= 4 is 5.91 Å². The summed E-state index contributed by atoms with van der Waals surface area (Å²) < 4.78 is 16.2. The molecule has 0 saturated carbocycles. The first kappa shape index (κ1) is 20.0. The van der Waals surface area contributed by atoms with Crippen molar-refractivity contribution in [1.29, 1.82) is 0 Å². The molecule has 1 aliphatic heterocycles. The molecule has 6 heteroatoms. The van der Waals surface area contributed by atoms with Crippen LogP contribution in [0.25, 0.3) is 0 Å². The summed E-state index contributed by atoms with van der Waals surface area (Å²) in [6.07, 6.45) is 1.85. The number of methoxy groups -OCH3 is 3. The fraction of sp³-hybridized carbons (Fsp3) is 0.409. The van der Waals surface area contributed by atoms with Gasteiger partial charge in [-0.05, 0) is 42.0 Å². The zero-order chi connectivity index (χ0) is 20.1. The maximum atomic E-state index is 13.1. The van der Waals surface area contributed by atoms with Crippen molar-refractivity contribution in [2.75, 3.05) is 34.4 Å². The summed E-state index contributed by atoms with van der Waals surface area (Å²) in [6.45, 7) is 1.95. The van der Waals surface area contributed by atoms with E-state index in [2.05, 4.69) is 18.2 Å². The van der Waals surface area contributed by atoms with Gasteiger partial charge in [-0.25, -0.2) is 0 Å². The zero-order valence-corrected chi connectivity index (χ0v) is 16.7. The molecule has 28 heavy (non-hydrogen) atoms. The van der Waals surface area contributed by atoms with E-state index in [9.17, 15) is 4.79 Å². The number of amides is 1. The van der Waals surface area contributed by atoms with Gasteiger partial charge in [-0.1, -0.05) is 24.3 Å². The number of carbonyl (C=O) groups excluding carboxylic acids is 1. The van der Waals surface area contributed by atoms with Crippen LogP contribution in [0.1, 0.15) is 40.2 Å². The van der Waals surface area contributed by atoms with Crippen LogP contribution in [-0.2, 0) is 6.54 Å². The summed E-state index contributed by atoms with van der Waals surface area (Å²) in [5.41, 5.74) is 8.70. The monoisotopic (exact) mass is 384 g/mol. The normalized spacial score (nSPS) is 14.6. The maximum Gasteiger partial charge on any atom is 0.257 e. The van der Waals surface area contributed by atoms with Crippen LogP contribution in [0.15, 0.2) is 36.4 Å². The second kappa shape index (κ2) is 8.97. The average molecular weight is 384 g/mol. The first-order chi connectivity index (χ1) is 13.6. The van der Waals surface area contributed by atoms with Gasteiger partial charge in [-0.15, -0.1) is 0 Å². The van der Waals surface area contributed by atoms with Gasteiger partial charge in [0.1, 0.15) is 0 Å². The molecule has 1 saturated heterocycles. The van der Waals surface area contributed by atoms with Crippen LogP contribution in [0.2, 0.25) is 0 Å². The maximum absolute atomic E-state index is 13.1. The SMILES string of the molecule is COc1ccc(C(=O)N2CCC(c3cccc(CN)c3)CC2)c(OC)c1OC. The van der Waals surface area contributed by atoms with Crippen LogP contribution >= 0.6 is 0 Å². The lowest BCUT2D eigenvalue weighted by Crippen LogP contribution is -2.38. The summed E-state index contributed by atoms with van der Waals surface area (Å²) in [5, 5.41) is 0. The molecule has 0 radical (unpaired) electrons. The Hall–Kier alpha value is -2.73. The molecule has 2 aromatic rings. The van der Waals surface area contributed by atoms with Crippen LogP contribution in [0.3, 0.4) is 0 Å². The number of hydrogen-bond donors (Lipinski definition) is 1. The number of ether oxygens (including phenoxy) is 3. The van der Waals surface area contributed by atoms with Crippen molar-refractivity contribution in [3.05, 3.63) is 53.1 Å². The molecule has 2 N–H and O–H groups in total. The third-order valence-corrected chi connectivity index (χ3v) is 5.37. The Morgan fingerprint density at radius 2 is 1.75 bits per heavy atom. The van der Waals surface area contributed by atoms with Crippen LogP contribution in [0, 0.1) is 0 Å². The predicted molar refractivity (Wildman–Crippen MR) is 108 cm³/mol. The van der Waals surface area contributed by atoms with E-state index in [4.69, 9.17) is 19.9 Å². The van der Waals surface area contributed by atoms with Crippen LogP contribution in [0.5, 0.6) is 17.2 Å². The number of nitrogens with zero attached hydrogens (tertiary/aromatic N) is 1. The first-order valence-electron chi connectivity index (χ1n) is 9.50. The average Bonchev–Trinajstić information content (AvgIpc) is 2.77. The van der Waals surface area contributed by atoms with Gasteiger partial charge in [-0.2, -0.15) is 0 Å². The van der Waals surface area contributed by atoms with Gasteiger partial charge < -0.3 is 24.8 Å². The molecule has 1 heterocycles. The van der Waals surface area contributed by atoms with Gasteiger partial charge in [0, 0.05) is 19.6 Å². The van der Waals surface area contributed by atoms with Crippen molar-refractivity contribution < 1.29 is 19.0 Å². The molecule has 0 unspecified atom stereocenters. The van der Waals surface area contributed by atoms with Crippen LogP contribution in [0.4, 0.5) is 0 Å². The molecule has 0 aromatic heterocycles. The Kier molecular flexibility index (Phi) is 6.41. The summed E-state index contributed by atoms with van der Waals surface area (Å²) in [5.74, 6) is 1.78. The van der Waals surface area contributed by atoms with Gasteiger partial charge in [0.15, 0.2) is 11.5 Å². The number of nitrogens with two attached hydrogens (primary N) is 1. The highest BCUT2D eigenvalue weighted by atomic mass is 16.5. The van der Waals surface area contributed by atoms with Crippen molar-refractivity contribution in [2.24, 2.45) is 5.73 Å². The number of likely N-dealkylation sites (tertiary alicyclic amines) is 1. The molecule has 1 amide bonds. The molecule has 0 spiro atoms. The lowest BCUT2D eigenvalue weighted by Gasteiger charge is -2.33. The topological polar surface area (TPSA) is 74.0 Å². The smallest absolute Gasteiger partial charge is 0.257 e. The summed E-state index contributed by atoms with van der Waals surface area (Å²) >= 11 is 0. The molecule has 1 aliphatic rings. The lowest BCUT2D eigenvalue weighted by molar-refractivity contribution is 0.0709. The van der Waals surface area contributed by atoms with E-state index in [1.807, 2.05) is 11.0 Å². The minimum absolute atomic E-state index is 0.0491. The molecular weight excluding hydrogens is 356 g/mol. The summed E-state index contributed by atoms with van der Waals surface area (Å²) in [4.78, 5) is 15.0. The first-order valence-corrected chi connectivity index (χ1v) is 9.50. The van der Waals surface area contributed by atoms with E-state index >= 15 is 0 Å². The number of rotatable bonds is 6. The number of benzene rings is 2. The zero-order valence-electron chi connectivity index (χ0n) is 16.7. The second-order valence-corrected chi connectivity index (χ2v) is 6.90. The standard InChI is InChI=1S/C22H28N2O4/c1-26-19-8-7-18(20(27-2)21(19)28-3)22(25)24-11-9-16(10-12-24)17-6-4-5-15(13-17)14-23/h4-8,13,16H,9-12,14,23H2,1-3H3. The van der Waals surface area contributed by atoms with Gasteiger partial charge in [0.2, 0.25) is 5.75 Å². The van der Waals surface area contributed by atoms with Crippen molar-refractivity contribution in [2.45, 2.75) is 25.3 Å². The molecule has 6 nitrogen and oxygen atoms in total. The fourth-order valence-corrected chi connectivity index (χ4v) is 3.83. The molecule has 0 atom stereocenters. The number of hydrogen-bond acceptors (Lipinski definition) is 5. The van der Waals surface area contributed by atoms with Crippen LogP contribution in [-0.4, -0.2) is 45.2 Å². The lowest BCUT2D eigenvalue weighted by atomic mass is 9.88. The number of carbonyl (C=O) groups is 1. The highest BCUT2D eigenvalue weighted by Gasteiger charge is 2.28. The highest BCUT2D eigenvalue weighted by Crippen LogP contribution is 2.40. The van der Waals surface area contributed by atoms with Gasteiger partial charge in [0.05, 0.1) is 26.9 Å². The van der Waals surface area contributed by atoms with E-state index in [-0.39, 0.29) is 5.91 Å². The highest BCUT2D eigenvalue weighted by molar-refractivity contribution is 5.98. The van der Waals surface area contributed by atoms with E-state index < -0.39 is 0 Å². The molecule has 0 aliphatic carbocycles. The fourth-order valence-electron chi connectivity index (χ4n) is 3.83. The van der Waals surface area contributed by atoms with E-state index in [0.717, 1.165) is 18.4 Å². The molecule has 0 bridgehead atoms. The third-order valence-electron chi connectivity index (χ3n) is 5.37. The summed E-state index contributed by atoms with van der Waals surface area (Å²) in [7, 11) is 4.63. The molecule has 1 fully saturated rings. The molecule has 3 rings (SSSR count). The Morgan fingerprint density at radius 1 is 1.04 bits per heavy atom. The minimum Gasteiger partial charge on any atom is -0.493 e. The second-order valence-electron chi connectivity index (χ2n) is 6.90. The number of piperidine rings is 1. The Labute approximate surface area is 166 Å². The van der Waals surface area contributed by atoms with E-state index in [1.165, 1.54) is 19.8 Å². The van der Waals surface area contributed by atoms with Crippen molar-refractivity contribution in [3.63, 3.8) is 0 Å². The minimum atomic E-state index is -0.0491. The quantitative estimate of drug-likeness (QED) is 0.828. The molecule has 150 valence electrons. The van der Waals surface area contributed by atoms with E-state index in [0.29, 0.717) is 48.4 Å². The Bertz CT molecular complexity index is 829. The van der Waals surface area contributed by atoms with Gasteiger partial charge >= 0.3 is 0 Å². The van der Waals surface area contributed by atoms with E-state index in [1.54, 1.807) is 19.2 Å². The Balaban J connectivity index is 1.75. The van der Waals surface area contributed by atoms with Crippen molar-refractivity contribution in [3.8, 4) is 17.2 Å². The van der Waals surface area contributed by atoms with Gasteiger partial charge in [-0.3, -0.25) is 4.79 Å². The third kappa shape index (κ3) is 3.92. The molecular formula is C22H28N2O4.